The SMILES string of the molecule is C[C@H](c1ccccc1)N(C)C(=O)CNC(=O)NC1CCCCC1. The van der Waals surface area contributed by atoms with Crippen LogP contribution >= 0.6 is 0 Å². The average Bonchev–Trinajstić information content (AvgIpc) is 2.60. The highest BCUT2D eigenvalue weighted by molar-refractivity contribution is 5.84. The highest BCUT2D eigenvalue weighted by Crippen LogP contribution is 2.18. The summed E-state index contributed by atoms with van der Waals surface area (Å²) in [7, 11) is 1.76. The van der Waals surface area contributed by atoms with Gasteiger partial charge in [-0.15, -0.1) is 0 Å². The second-order valence-corrected chi connectivity index (χ2v) is 6.25. The fourth-order valence-corrected chi connectivity index (χ4v) is 2.94. The topological polar surface area (TPSA) is 61.4 Å². The van der Waals surface area contributed by atoms with Crippen LogP contribution in [0, 0.1) is 0 Å². The van der Waals surface area contributed by atoms with Crippen LogP contribution in [0.25, 0.3) is 0 Å². The summed E-state index contributed by atoms with van der Waals surface area (Å²) in [6.07, 6.45) is 5.65. The van der Waals surface area contributed by atoms with E-state index in [0.717, 1.165) is 18.4 Å². The number of amides is 3. The lowest BCUT2D eigenvalue weighted by Gasteiger charge is -2.26. The number of nitrogens with zero attached hydrogens (tertiary/aromatic N) is 1. The zero-order valence-corrected chi connectivity index (χ0v) is 14.0. The Kier molecular flexibility index (Phi) is 6.44. The van der Waals surface area contributed by atoms with Gasteiger partial charge in [-0.1, -0.05) is 49.6 Å². The van der Waals surface area contributed by atoms with E-state index in [1.165, 1.54) is 19.3 Å². The van der Waals surface area contributed by atoms with Gasteiger partial charge in [0.15, 0.2) is 0 Å². The van der Waals surface area contributed by atoms with Crippen LogP contribution < -0.4 is 10.6 Å². The highest BCUT2D eigenvalue weighted by atomic mass is 16.2. The van der Waals surface area contributed by atoms with E-state index in [0.29, 0.717) is 0 Å². The van der Waals surface area contributed by atoms with Crippen LogP contribution in [-0.2, 0) is 4.79 Å². The van der Waals surface area contributed by atoms with Gasteiger partial charge in [0, 0.05) is 13.1 Å². The number of hydrogen-bond acceptors (Lipinski definition) is 2. The lowest BCUT2D eigenvalue weighted by molar-refractivity contribution is -0.130. The van der Waals surface area contributed by atoms with Crippen LogP contribution in [0.5, 0.6) is 0 Å². The Bertz CT molecular complexity index is 512. The summed E-state index contributed by atoms with van der Waals surface area (Å²) < 4.78 is 0. The van der Waals surface area contributed by atoms with Crippen LogP contribution in [-0.4, -0.2) is 36.5 Å². The molecule has 0 spiro atoms. The van der Waals surface area contributed by atoms with E-state index in [-0.39, 0.29) is 30.6 Å². The average molecular weight is 317 g/mol. The standard InChI is InChI=1S/C18H27N3O2/c1-14(15-9-5-3-6-10-15)21(2)17(22)13-19-18(23)20-16-11-7-4-8-12-16/h3,5-6,9-10,14,16H,4,7-8,11-13H2,1-2H3,(H2,19,20,23)/t14-/m1/s1. The van der Waals surface area contributed by atoms with Gasteiger partial charge in [0.25, 0.3) is 0 Å². The third-order valence-electron chi connectivity index (χ3n) is 4.60. The first kappa shape index (κ1) is 17.3. The summed E-state index contributed by atoms with van der Waals surface area (Å²) in [6, 6.07) is 9.85. The zero-order valence-electron chi connectivity index (χ0n) is 14.0. The van der Waals surface area contributed by atoms with E-state index < -0.39 is 0 Å². The van der Waals surface area contributed by atoms with Gasteiger partial charge >= 0.3 is 6.03 Å². The van der Waals surface area contributed by atoms with Crippen LogP contribution in [0.2, 0.25) is 0 Å². The molecule has 1 saturated carbocycles. The quantitative estimate of drug-likeness (QED) is 0.877. The number of likely N-dealkylation sites (N-methyl/N-ethyl adjacent to an activating group) is 1. The Morgan fingerprint density at radius 1 is 1.17 bits per heavy atom. The van der Waals surface area contributed by atoms with Crippen molar-refractivity contribution in [3.63, 3.8) is 0 Å². The molecule has 1 fully saturated rings. The maximum absolute atomic E-state index is 12.2. The Hall–Kier alpha value is -2.04. The molecule has 0 radical (unpaired) electrons. The van der Waals surface area contributed by atoms with Crippen LogP contribution in [0.4, 0.5) is 4.79 Å². The van der Waals surface area contributed by atoms with Crippen molar-refractivity contribution < 1.29 is 9.59 Å². The molecule has 2 rings (SSSR count). The summed E-state index contributed by atoms with van der Waals surface area (Å²) in [5, 5.41) is 5.63. The van der Waals surface area contributed by atoms with Crippen molar-refractivity contribution in [2.24, 2.45) is 0 Å². The van der Waals surface area contributed by atoms with Gasteiger partial charge in [0.2, 0.25) is 5.91 Å². The first-order valence-corrected chi connectivity index (χ1v) is 8.43. The van der Waals surface area contributed by atoms with E-state index in [1.54, 1.807) is 11.9 Å². The summed E-state index contributed by atoms with van der Waals surface area (Å²) >= 11 is 0. The van der Waals surface area contributed by atoms with Gasteiger partial charge in [-0.25, -0.2) is 4.79 Å². The van der Waals surface area contributed by atoms with E-state index in [1.807, 2.05) is 37.3 Å². The molecule has 5 nitrogen and oxygen atoms in total. The molecule has 1 aromatic carbocycles. The van der Waals surface area contributed by atoms with Gasteiger partial charge < -0.3 is 15.5 Å². The van der Waals surface area contributed by atoms with Gasteiger partial charge in [0.1, 0.15) is 0 Å². The molecule has 5 heteroatoms. The maximum atomic E-state index is 12.2. The van der Waals surface area contributed by atoms with Crippen LogP contribution in [0.15, 0.2) is 30.3 Å². The number of hydrogen-bond donors (Lipinski definition) is 2. The fraction of sp³-hybridized carbons (Fsp3) is 0.556. The molecule has 0 saturated heterocycles. The van der Waals surface area contributed by atoms with E-state index in [2.05, 4.69) is 10.6 Å². The molecule has 0 aromatic heterocycles. The van der Waals surface area contributed by atoms with Crippen molar-refractivity contribution >= 4 is 11.9 Å². The van der Waals surface area contributed by atoms with Crippen LogP contribution in [0.1, 0.15) is 50.6 Å². The second kappa shape index (κ2) is 8.56. The molecule has 0 aliphatic heterocycles. The van der Waals surface area contributed by atoms with E-state index in [9.17, 15) is 9.59 Å². The molecule has 1 aromatic rings. The lowest BCUT2D eigenvalue weighted by Crippen LogP contribution is -2.46. The van der Waals surface area contributed by atoms with Crippen molar-refractivity contribution in [2.45, 2.75) is 51.1 Å². The number of carbonyl (C=O) groups is 2. The van der Waals surface area contributed by atoms with Crippen molar-refractivity contribution in [2.75, 3.05) is 13.6 Å². The number of benzene rings is 1. The fourth-order valence-electron chi connectivity index (χ4n) is 2.94. The maximum Gasteiger partial charge on any atom is 0.315 e. The summed E-state index contributed by atoms with van der Waals surface area (Å²) in [4.78, 5) is 25.8. The molecule has 1 atom stereocenters. The minimum Gasteiger partial charge on any atom is -0.337 e. The summed E-state index contributed by atoms with van der Waals surface area (Å²) in [5.41, 5.74) is 1.08. The number of rotatable bonds is 5. The molecular formula is C18H27N3O2. The molecular weight excluding hydrogens is 290 g/mol. The lowest BCUT2D eigenvalue weighted by atomic mass is 9.96. The first-order valence-electron chi connectivity index (χ1n) is 8.43. The third-order valence-corrected chi connectivity index (χ3v) is 4.60. The van der Waals surface area contributed by atoms with E-state index in [4.69, 9.17) is 0 Å². The molecule has 126 valence electrons. The van der Waals surface area contributed by atoms with Gasteiger partial charge in [-0.3, -0.25) is 4.79 Å². The number of urea groups is 1. The van der Waals surface area contributed by atoms with Crippen molar-refractivity contribution in [3.05, 3.63) is 35.9 Å². The molecule has 3 amide bonds. The molecule has 0 unspecified atom stereocenters. The second-order valence-electron chi connectivity index (χ2n) is 6.25. The highest BCUT2D eigenvalue weighted by Gasteiger charge is 2.19. The van der Waals surface area contributed by atoms with Crippen molar-refractivity contribution in [3.8, 4) is 0 Å². The van der Waals surface area contributed by atoms with Crippen molar-refractivity contribution in [1.29, 1.82) is 0 Å². The predicted molar refractivity (Wildman–Crippen MR) is 91.0 cm³/mol. The summed E-state index contributed by atoms with van der Waals surface area (Å²) in [6.45, 7) is 2.00. The molecule has 2 N–H and O–H groups in total. The smallest absolute Gasteiger partial charge is 0.315 e. The van der Waals surface area contributed by atoms with E-state index >= 15 is 0 Å². The Labute approximate surface area is 138 Å². The minimum absolute atomic E-state index is 0.0201. The number of nitrogens with one attached hydrogen (secondary N) is 2. The molecule has 0 heterocycles. The molecule has 1 aliphatic rings. The Morgan fingerprint density at radius 2 is 1.83 bits per heavy atom. The van der Waals surface area contributed by atoms with Gasteiger partial charge in [-0.05, 0) is 25.3 Å². The third kappa shape index (κ3) is 5.27. The van der Waals surface area contributed by atoms with Crippen LogP contribution in [0.3, 0.4) is 0 Å². The Balaban J connectivity index is 1.76. The predicted octanol–water partition coefficient (Wildman–Crippen LogP) is 2.84. The normalized spacial score (nSPS) is 16.4. The largest absolute Gasteiger partial charge is 0.337 e. The zero-order chi connectivity index (χ0) is 16.7. The van der Waals surface area contributed by atoms with Crippen molar-refractivity contribution in [1.82, 2.24) is 15.5 Å². The van der Waals surface area contributed by atoms with Gasteiger partial charge in [0.05, 0.1) is 12.6 Å². The number of carbonyl (C=O) groups excluding carboxylic acids is 2. The van der Waals surface area contributed by atoms with Gasteiger partial charge in [-0.2, -0.15) is 0 Å². The Morgan fingerprint density at radius 3 is 2.48 bits per heavy atom. The molecule has 23 heavy (non-hydrogen) atoms. The minimum atomic E-state index is -0.244. The molecule has 1 aliphatic carbocycles. The monoisotopic (exact) mass is 317 g/mol. The molecule has 0 bridgehead atoms. The summed E-state index contributed by atoms with van der Waals surface area (Å²) in [5.74, 6) is -0.0971. The first-order chi connectivity index (χ1) is 11.1.